The number of carbonyl (C=O) groups is 1. The van der Waals surface area contributed by atoms with Crippen molar-refractivity contribution < 1.29 is 14.6 Å². The Morgan fingerprint density at radius 2 is 2.33 bits per heavy atom. The van der Waals surface area contributed by atoms with Crippen molar-refractivity contribution in [2.75, 3.05) is 18.1 Å². The lowest BCUT2D eigenvalue weighted by molar-refractivity contribution is -0.133. The fourth-order valence-corrected chi connectivity index (χ4v) is 1.83. The summed E-state index contributed by atoms with van der Waals surface area (Å²) in [5.74, 6) is 0.809. The summed E-state index contributed by atoms with van der Waals surface area (Å²) in [6.07, 6.45) is 0. The molecule has 0 amide bonds. The molecule has 0 aliphatic heterocycles. The smallest absolute Gasteiger partial charge is 0.313 e. The maximum atomic E-state index is 10.2. The number of halogens is 1. The molecule has 0 heterocycles. The van der Waals surface area contributed by atoms with E-state index in [9.17, 15) is 4.79 Å². The standard InChI is InChI=1S/C10H11BrO3S/c11-8-2-1-3-9(6-8)14-4-5-15-7-10(12)13/h1-3,6H,4-5,7H2,(H,12,13). The second-order valence-corrected chi connectivity index (χ2v) is 4.77. The van der Waals surface area contributed by atoms with E-state index in [0.29, 0.717) is 12.4 Å². The van der Waals surface area contributed by atoms with Gasteiger partial charge < -0.3 is 9.84 Å². The summed E-state index contributed by atoms with van der Waals surface area (Å²) in [5.41, 5.74) is 0. The molecule has 0 saturated heterocycles. The second kappa shape index (κ2) is 6.74. The van der Waals surface area contributed by atoms with Crippen LogP contribution in [-0.4, -0.2) is 29.2 Å². The van der Waals surface area contributed by atoms with Gasteiger partial charge in [-0.3, -0.25) is 4.79 Å². The van der Waals surface area contributed by atoms with Crippen molar-refractivity contribution >= 4 is 33.7 Å². The Bertz CT molecular complexity index is 330. The summed E-state index contributed by atoms with van der Waals surface area (Å²) < 4.78 is 6.40. The van der Waals surface area contributed by atoms with Crippen LogP contribution in [0.5, 0.6) is 5.75 Å². The number of hydrogen-bond donors (Lipinski definition) is 1. The largest absolute Gasteiger partial charge is 0.493 e. The minimum Gasteiger partial charge on any atom is -0.493 e. The molecule has 1 aromatic rings. The summed E-state index contributed by atoms with van der Waals surface area (Å²) >= 11 is 4.69. The van der Waals surface area contributed by atoms with Gasteiger partial charge in [0.05, 0.1) is 12.4 Å². The first-order chi connectivity index (χ1) is 7.18. The molecular weight excluding hydrogens is 280 g/mol. The molecule has 5 heteroatoms. The molecule has 0 aliphatic carbocycles. The van der Waals surface area contributed by atoms with E-state index in [1.54, 1.807) is 0 Å². The Kier molecular flexibility index (Phi) is 5.57. The minimum absolute atomic E-state index is 0.127. The fraction of sp³-hybridized carbons (Fsp3) is 0.300. The quantitative estimate of drug-likeness (QED) is 0.818. The number of benzene rings is 1. The third-order valence-corrected chi connectivity index (χ3v) is 2.92. The monoisotopic (exact) mass is 290 g/mol. The van der Waals surface area contributed by atoms with E-state index in [1.807, 2.05) is 24.3 Å². The van der Waals surface area contributed by atoms with Crippen LogP contribution in [-0.2, 0) is 4.79 Å². The van der Waals surface area contributed by atoms with Crippen molar-refractivity contribution in [3.8, 4) is 5.75 Å². The van der Waals surface area contributed by atoms with Crippen molar-refractivity contribution in [2.24, 2.45) is 0 Å². The highest BCUT2D eigenvalue weighted by atomic mass is 79.9. The maximum Gasteiger partial charge on any atom is 0.313 e. The number of thioether (sulfide) groups is 1. The first-order valence-electron chi connectivity index (χ1n) is 4.36. The Morgan fingerprint density at radius 1 is 1.53 bits per heavy atom. The lowest BCUT2D eigenvalue weighted by atomic mass is 10.3. The summed E-state index contributed by atoms with van der Waals surface area (Å²) in [4.78, 5) is 10.2. The molecule has 0 aliphatic rings. The highest BCUT2D eigenvalue weighted by molar-refractivity contribution is 9.10. The third kappa shape index (κ3) is 5.69. The van der Waals surface area contributed by atoms with Crippen molar-refractivity contribution in [3.05, 3.63) is 28.7 Å². The van der Waals surface area contributed by atoms with Crippen molar-refractivity contribution in [3.63, 3.8) is 0 Å². The molecule has 0 unspecified atom stereocenters. The SMILES string of the molecule is O=C(O)CSCCOc1cccc(Br)c1. The van der Waals surface area contributed by atoms with Crippen LogP contribution < -0.4 is 4.74 Å². The van der Waals surface area contributed by atoms with E-state index >= 15 is 0 Å². The summed E-state index contributed by atoms with van der Waals surface area (Å²) in [6, 6.07) is 7.56. The number of aliphatic carboxylic acids is 1. The number of carboxylic acid groups (broad SMARTS) is 1. The van der Waals surface area contributed by atoms with Crippen molar-refractivity contribution in [2.45, 2.75) is 0 Å². The highest BCUT2D eigenvalue weighted by Gasteiger charge is 1.98. The fourth-order valence-electron chi connectivity index (χ4n) is 0.935. The van der Waals surface area contributed by atoms with Gasteiger partial charge in [-0.1, -0.05) is 22.0 Å². The van der Waals surface area contributed by atoms with Crippen LogP contribution in [0.2, 0.25) is 0 Å². The highest BCUT2D eigenvalue weighted by Crippen LogP contribution is 2.17. The van der Waals surface area contributed by atoms with Crippen LogP contribution in [0.1, 0.15) is 0 Å². The molecule has 0 aromatic heterocycles. The van der Waals surface area contributed by atoms with Gasteiger partial charge in [-0.2, -0.15) is 0 Å². The zero-order valence-electron chi connectivity index (χ0n) is 7.98. The number of hydrogen-bond acceptors (Lipinski definition) is 3. The predicted octanol–water partition coefficient (Wildman–Crippen LogP) is 2.65. The lowest BCUT2D eigenvalue weighted by Crippen LogP contribution is -2.04. The average molecular weight is 291 g/mol. The second-order valence-electron chi connectivity index (χ2n) is 2.75. The Labute approximate surface area is 101 Å². The van der Waals surface area contributed by atoms with Gasteiger partial charge in [-0.25, -0.2) is 0 Å². The predicted molar refractivity (Wildman–Crippen MR) is 64.6 cm³/mol. The lowest BCUT2D eigenvalue weighted by Gasteiger charge is -2.05. The van der Waals surface area contributed by atoms with Crippen LogP contribution in [0.25, 0.3) is 0 Å². The number of rotatable bonds is 6. The molecule has 3 nitrogen and oxygen atoms in total. The molecular formula is C10H11BrO3S. The van der Waals surface area contributed by atoms with Gasteiger partial charge >= 0.3 is 5.97 Å². The molecule has 1 N–H and O–H groups in total. The van der Waals surface area contributed by atoms with Gasteiger partial charge in [0.2, 0.25) is 0 Å². The van der Waals surface area contributed by atoms with Gasteiger partial charge in [0.15, 0.2) is 0 Å². The van der Waals surface area contributed by atoms with Crippen molar-refractivity contribution in [1.29, 1.82) is 0 Å². The molecule has 0 spiro atoms. The molecule has 0 fully saturated rings. The molecule has 0 atom stereocenters. The molecule has 1 rings (SSSR count). The zero-order valence-corrected chi connectivity index (χ0v) is 10.4. The van der Waals surface area contributed by atoms with Crippen LogP contribution in [0.4, 0.5) is 0 Å². The van der Waals surface area contributed by atoms with E-state index in [1.165, 1.54) is 11.8 Å². The molecule has 0 saturated carbocycles. The van der Waals surface area contributed by atoms with Gasteiger partial charge in [-0.15, -0.1) is 11.8 Å². The van der Waals surface area contributed by atoms with Crippen LogP contribution in [0, 0.1) is 0 Å². The number of ether oxygens (including phenoxy) is 1. The number of carboxylic acids is 1. The Hall–Kier alpha value is -0.680. The Morgan fingerprint density at radius 3 is 3.00 bits per heavy atom. The molecule has 1 aromatic carbocycles. The summed E-state index contributed by atoms with van der Waals surface area (Å²) in [6.45, 7) is 0.522. The first-order valence-corrected chi connectivity index (χ1v) is 6.31. The molecule has 82 valence electrons. The normalized spacial score (nSPS) is 9.93. The topological polar surface area (TPSA) is 46.5 Å². The van der Waals surface area contributed by atoms with E-state index in [0.717, 1.165) is 10.2 Å². The molecule has 15 heavy (non-hydrogen) atoms. The Balaban J connectivity index is 2.17. The van der Waals surface area contributed by atoms with Gasteiger partial charge in [0.1, 0.15) is 5.75 Å². The summed E-state index contributed by atoms with van der Waals surface area (Å²) in [5, 5.41) is 8.40. The average Bonchev–Trinajstić information content (AvgIpc) is 2.17. The van der Waals surface area contributed by atoms with E-state index in [-0.39, 0.29) is 5.75 Å². The van der Waals surface area contributed by atoms with Crippen molar-refractivity contribution in [1.82, 2.24) is 0 Å². The zero-order chi connectivity index (χ0) is 11.1. The summed E-state index contributed by atoms with van der Waals surface area (Å²) in [7, 11) is 0. The minimum atomic E-state index is -0.789. The third-order valence-electron chi connectivity index (χ3n) is 1.52. The van der Waals surface area contributed by atoms with E-state index < -0.39 is 5.97 Å². The van der Waals surface area contributed by atoms with Crippen LogP contribution >= 0.6 is 27.7 Å². The van der Waals surface area contributed by atoms with Crippen LogP contribution in [0.15, 0.2) is 28.7 Å². The van der Waals surface area contributed by atoms with Gasteiger partial charge in [0, 0.05) is 10.2 Å². The maximum absolute atomic E-state index is 10.2. The molecule has 0 radical (unpaired) electrons. The van der Waals surface area contributed by atoms with E-state index in [4.69, 9.17) is 9.84 Å². The molecule has 0 bridgehead atoms. The van der Waals surface area contributed by atoms with Crippen LogP contribution in [0.3, 0.4) is 0 Å². The first kappa shape index (κ1) is 12.4. The van der Waals surface area contributed by atoms with Gasteiger partial charge in [0.25, 0.3) is 0 Å². The van der Waals surface area contributed by atoms with E-state index in [2.05, 4.69) is 15.9 Å². The van der Waals surface area contributed by atoms with Gasteiger partial charge in [-0.05, 0) is 18.2 Å².